The van der Waals surface area contributed by atoms with Crippen LogP contribution in [0.3, 0.4) is 0 Å². The summed E-state index contributed by atoms with van der Waals surface area (Å²) in [6.07, 6.45) is 0.865. The molecule has 170 valence electrons. The van der Waals surface area contributed by atoms with Crippen molar-refractivity contribution in [3.8, 4) is 0 Å². The zero-order valence-electron chi connectivity index (χ0n) is 18.5. The monoisotopic (exact) mass is 486 g/mol. The van der Waals surface area contributed by atoms with Crippen LogP contribution in [0.5, 0.6) is 0 Å². The van der Waals surface area contributed by atoms with E-state index in [1.54, 1.807) is 0 Å². The van der Waals surface area contributed by atoms with Crippen molar-refractivity contribution < 1.29 is 9.59 Å². The minimum absolute atomic E-state index is 0.0428. The van der Waals surface area contributed by atoms with Gasteiger partial charge >= 0.3 is 0 Å². The van der Waals surface area contributed by atoms with Gasteiger partial charge in [-0.1, -0.05) is 108 Å². The van der Waals surface area contributed by atoms with E-state index in [1.165, 1.54) is 0 Å². The van der Waals surface area contributed by atoms with Gasteiger partial charge in [0.05, 0.1) is 0 Å². The quantitative estimate of drug-likeness (QED) is 0.226. The second-order valence-electron chi connectivity index (χ2n) is 8.33. The summed E-state index contributed by atoms with van der Waals surface area (Å²) in [4.78, 5) is 27.7. The number of carbonyl (C=O) groups excluding carboxylic acids is 2. The second kappa shape index (κ2) is 11.3. The molecule has 0 aliphatic rings. The van der Waals surface area contributed by atoms with Crippen LogP contribution in [0.1, 0.15) is 31.8 Å². The van der Waals surface area contributed by atoms with Gasteiger partial charge in [0.2, 0.25) is 0 Å². The average Bonchev–Trinajstić information content (AvgIpc) is 2.88. The van der Waals surface area contributed by atoms with Crippen molar-refractivity contribution >= 4 is 34.8 Å². The van der Waals surface area contributed by atoms with Gasteiger partial charge in [0.25, 0.3) is 0 Å². The first-order valence-corrected chi connectivity index (χ1v) is 11.9. The lowest BCUT2D eigenvalue weighted by Crippen LogP contribution is -2.33. The summed E-state index contributed by atoms with van der Waals surface area (Å²) in [7, 11) is 0. The molecule has 0 saturated heterocycles. The van der Waals surface area contributed by atoms with Crippen LogP contribution in [0.25, 0.3) is 0 Å². The van der Waals surface area contributed by atoms with Gasteiger partial charge in [0, 0.05) is 33.0 Å². The number of carbonyl (C=O) groups is 2. The van der Waals surface area contributed by atoms with E-state index in [-0.39, 0.29) is 11.6 Å². The predicted molar refractivity (Wildman–Crippen MR) is 139 cm³/mol. The van der Waals surface area contributed by atoms with E-state index in [4.69, 9.17) is 23.2 Å². The number of hydrogen-bond donors (Lipinski definition) is 0. The van der Waals surface area contributed by atoms with Gasteiger partial charge in [0.15, 0.2) is 11.6 Å². The Morgan fingerprint density at radius 1 is 0.500 bits per heavy atom. The number of halogens is 2. The Morgan fingerprint density at radius 3 is 1.15 bits per heavy atom. The van der Waals surface area contributed by atoms with E-state index in [1.807, 2.05) is 109 Å². The zero-order chi connectivity index (χ0) is 23.9. The highest BCUT2D eigenvalue weighted by Crippen LogP contribution is 2.30. The maximum Gasteiger partial charge on any atom is 0.167 e. The van der Waals surface area contributed by atoms with Gasteiger partial charge in [-0.3, -0.25) is 9.59 Å². The van der Waals surface area contributed by atoms with E-state index in [2.05, 4.69) is 0 Å². The standard InChI is InChI=1S/C30H24Cl2O2/c31-25-15-11-21(12-16-25)19-27(29(33)23-7-3-1-4-8-23)28(20-22-13-17-26(32)18-14-22)30(34)24-9-5-2-6-10-24/h1-18,27-28H,19-20H2/t27-,28-/m1/s1. The van der Waals surface area contributed by atoms with Gasteiger partial charge in [0.1, 0.15) is 0 Å². The smallest absolute Gasteiger partial charge is 0.167 e. The lowest BCUT2D eigenvalue weighted by atomic mass is 9.75. The largest absolute Gasteiger partial charge is 0.294 e. The van der Waals surface area contributed by atoms with Crippen LogP contribution in [0.2, 0.25) is 10.0 Å². The molecule has 0 heterocycles. The molecule has 4 aromatic rings. The summed E-state index contributed by atoms with van der Waals surface area (Å²) in [5.41, 5.74) is 3.12. The molecule has 34 heavy (non-hydrogen) atoms. The molecule has 0 fully saturated rings. The number of rotatable bonds is 9. The zero-order valence-corrected chi connectivity index (χ0v) is 20.0. The first kappa shape index (κ1) is 23.9. The van der Waals surface area contributed by atoms with Gasteiger partial charge in [-0.2, -0.15) is 0 Å². The van der Waals surface area contributed by atoms with Crippen LogP contribution in [-0.4, -0.2) is 11.6 Å². The number of hydrogen-bond acceptors (Lipinski definition) is 2. The molecular formula is C30H24Cl2O2. The van der Waals surface area contributed by atoms with Crippen molar-refractivity contribution in [2.75, 3.05) is 0 Å². The molecule has 0 N–H and O–H groups in total. The summed E-state index contributed by atoms with van der Waals surface area (Å²) in [5, 5.41) is 1.26. The highest BCUT2D eigenvalue weighted by molar-refractivity contribution is 6.30. The molecule has 0 unspecified atom stereocenters. The Labute approximate surface area is 210 Å². The van der Waals surface area contributed by atoms with E-state index in [0.29, 0.717) is 34.0 Å². The molecule has 2 atom stereocenters. The molecular weight excluding hydrogens is 463 g/mol. The molecule has 0 aromatic heterocycles. The van der Waals surface area contributed by atoms with Crippen molar-refractivity contribution in [1.29, 1.82) is 0 Å². The van der Waals surface area contributed by atoms with Crippen LogP contribution in [0.4, 0.5) is 0 Å². The van der Waals surface area contributed by atoms with Crippen molar-refractivity contribution in [3.05, 3.63) is 141 Å². The van der Waals surface area contributed by atoms with Crippen molar-refractivity contribution in [3.63, 3.8) is 0 Å². The number of Topliss-reactive ketones (excluding diaryl/α,β-unsaturated/α-hetero) is 2. The third kappa shape index (κ3) is 6.02. The number of benzene rings is 4. The van der Waals surface area contributed by atoms with E-state index in [9.17, 15) is 9.59 Å². The molecule has 2 nitrogen and oxygen atoms in total. The van der Waals surface area contributed by atoms with Crippen LogP contribution >= 0.6 is 23.2 Å². The van der Waals surface area contributed by atoms with E-state index in [0.717, 1.165) is 11.1 Å². The molecule has 0 radical (unpaired) electrons. The minimum atomic E-state index is -0.549. The van der Waals surface area contributed by atoms with Gasteiger partial charge in [-0.05, 0) is 48.2 Å². The maximum absolute atomic E-state index is 13.8. The highest BCUT2D eigenvalue weighted by atomic mass is 35.5. The van der Waals surface area contributed by atoms with Crippen LogP contribution in [-0.2, 0) is 12.8 Å². The number of ketones is 2. The third-order valence-electron chi connectivity index (χ3n) is 6.01. The van der Waals surface area contributed by atoms with E-state index < -0.39 is 11.8 Å². The molecule has 4 aromatic carbocycles. The molecule has 0 aliphatic carbocycles. The Bertz CT molecular complexity index is 1130. The third-order valence-corrected chi connectivity index (χ3v) is 6.52. The van der Waals surface area contributed by atoms with Crippen LogP contribution in [0.15, 0.2) is 109 Å². The van der Waals surface area contributed by atoms with Gasteiger partial charge in [-0.15, -0.1) is 0 Å². The van der Waals surface area contributed by atoms with Gasteiger partial charge in [-0.25, -0.2) is 0 Å². The normalized spacial score (nSPS) is 12.6. The van der Waals surface area contributed by atoms with Crippen molar-refractivity contribution in [2.24, 2.45) is 11.8 Å². The first-order chi connectivity index (χ1) is 16.5. The molecule has 0 bridgehead atoms. The highest BCUT2D eigenvalue weighted by Gasteiger charge is 2.35. The summed E-state index contributed by atoms with van der Waals surface area (Å²) in [6, 6.07) is 33.3. The Hall–Kier alpha value is -3.20. The second-order valence-corrected chi connectivity index (χ2v) is 9.21. The fraction of sp³-hybridized carbons (Fsp3) is 0.133. The summed E-state index contributed by atoms with van der Waals surface area (Å²) in [6.45, 7) is 0. The average molecular weight is 487 g/mol. The molecule has 4 rings (SSSR count). The summed E-state index contributed by atoms with van der Waals surface area (Å²) < 4.78 is 0. The molecule has 0 aliphatic heterocycles. The van der Waals surface area contributed by atoms with E-state index >= 15 is 0 Å². The Kier molecular flexibility index (Phi) is 7.95. The molecule has 0 saturated carbocycles. The molecule has 0 spiro atoms. The summed E-state index contributed by atoms with van der Waals surface area (Å²) in [5.74, 6) is -1.18. The topological polar surface area (TPSA) is 34.1 Å². The lowest BCUT2D eigenvalue weighted by molar-refractivity contribution is 0.0763. The molecule has 0 amide bonds. The van der Waals surface area contributed by atoms with Crippen molar-refractivity contribution in [1.82, 2.24) is 0 Å². The fourth-order valence-corrected chi connectivity index (χ4v) is 4.47. The van der Waals surface area contributed by atoms with Crippen LogP contribution in [0, 0.1) is 11.8 Å². The van der Waals surface area contributed by atoms with Crippen LogP contribution < -0.4 is 0 Å². The van der Waals surface area contributed by atoms with Crippen molar-refractivity contribution in [2.45, 2.75) is 12.8 Å². The Morgan fingerprint density at radius 2 is 0.824 bits per heavy atom. The maximum atomic E-state index is 13.8. The minimum Gasteiger partial charge on any atom is -0.294 e. The SMILES string of the molecule is O=C(c1ccccc1)[C@H](Cc1ccc(Cl)cc1)[C@@H](Cc1ccc(Cl)cc1)C(=O)c1ccccc1. The molecule has 4 heteroatoms. The predicted octanol–water partition coefficient (Wildman–Crippen LogP) is 7.78. The lowest BCUT2D eigenvalue weighted by Gasteiger charge is -2.26. The van der Waals surface area contributed by atoms with Gasteiger partial charge < -0.3 is 0 Å². The summed E-state index contributed by atoms with van der Waals surface area (Å²) >= 11 is 12.2. The first-order valence-electron chi connectivity index (χ1n) is 11.2. The fourth-order valence-electron chi connectivity index (χ4n) is 4.22. The Balaban J connectivity index is 1.77.